The summed E-state index contributed by atoms with van der Waals surface area (Å²) in [6.07, 6.45) is 1.65. The number of aromatic amines is 1. The standard InChI is InChI=1S/C15H19Br2N3O4/c1-24-13(22)3-2-12(21)20-6-4-9(5-7-20)18-15(23)11-8-10(16)14(17)19-11/h8-9,19H,2-7H2,1H3,(H,18,23). The fraction of sp³-hybridized carbons (Fsp3) is 0.533. The smallest absolute Gasteiger partial charge is 0.306 e. The van der Waals surface area contributed by atoms with Gasteiger partial charge in [-0.15, -0.1) is 0 Å². The van der Waals surface area contributed by atoms with Gasteiger partial charge in [0.1, 0.15) is 5.69 Å². The maximum atomic E-state index is 12.2. The Morgan fingerprint density at radius 3 is 2.50 bits per heavy atom. The van der Waals surface area contributed by atoms with Gasteiger partial charge >= 0.3 is 5.97 Å². The second-order valence-electron chi connectivity index (χ2n) is 5.55. The lowest BCUT2D eigenvalue weighted by Crippen LogP contribution is -2.46. The monoisotopic (exact) mass is 463 g/mol. The van der Waals surface area contributed by atoms with Crippen LogP contribution in [0.1, 0.15) is 36.2 Å². The van der Waals surface area contributed by atoms with E-state index in [2.05, 4.69) is 46.9 Å². The Labute approximate surface area is 156 Å². The van der Waals surface area contributed by atoms with Crippen molar-refractivity contribution in [2.75, 3.05) is 20.2 Å². The second-order valence-corrected chi connectivity index (χ2v) is 7.20. The van der Waals surface area contributed by atoms with Crippen molar-refractivity contribution in [1.29, 1.82) is 0 Å². The molecule has 2 heterocycles. The molecule has 2 N–H and O–H groups in total. The number of nitrogens with zero attached hydrogens (tertiary/aromatic N) is 1. The molecule has 1 saturated heterocycles. The van der Waals surface area contributed by atoms with Crippen molar-refractivity contribution in [2.45, 2.75) is 31.7 Å². The molecule has 2 amide bonds. The summed E-state index contributed by atoms with van der Waals surface area (Å²) in [4.78, 5) is 40.0. The zero-order valence-corrected chi connectivity index (χ0v) is 16.4. The van der Waals surface area contributed by atoms with Crippen LogP contribution < -0.4 is 5.32 Å². The van der Waals surface area contributed by atoms with Crippen LogP contribution in [0.25, 0.3) is 0 Å². The first-order chi connectivity index (χ1) is 11.4. The van der Waals surface area contributed by atoms with Crippen molar-refractivity contribution in [3.8, 4) is 0 Å². The number of H-pyrrole nitrogens is 1. The third-order valence-corrected chi connectivity index (χ3v) is 5.71. The lowest BCUT2D eigenvalue weighted by atomic mass is 10.0. The molecule has 132 valence electrons. The van der Waals surface area contributed by atoms with E-state index < -0.39 is 0 Å². The van der Waals surface area contributed by atoms with Crippen LogP contribution in [0, 0.1) is 0 Å². The van der Waals surface area contributed by atoms with Crippen molar-refractivity contribution in [3.05, 3.63) is 20.8 Å². The van der Waals surface area contributed by atoms with Crippen molar-refractivity contribution < 1.29 is 19.1 Å². The number of nitrogens with one attached hydrogen (secondary N) is 2. The molecule has 1 aromatic rings. The van der Waals surface area contributed by atoms with Gasteiger partial charge in [-0.1, -0.05) is 0 Å². The van der Waals surface area contributed by atoms with Crippen LogP contribution in [-0.4, -0.2) is 53.9 Å². The Bertz CT molecular complexity index is 605. The number of carbonyl (C=O) groups excluding carboxylic acids is 3. The van der Waals surface area contributed by atoms with Crippen molar-refractivity contribution in [1.82, 2.24) is 15.2 Å². The number of aromatic nitrogens is 1. The van der Waals surface area contributed by atoms with E-state index in [1.54, 1.807) is 11.0 Å². The van der Waals surface area contributed by atoms with Crippen LogP contribution in [0.4, 0.5) is 0 Å². The number of carbonyl (C=O) groups is 3. The van der Waals surface area contributed by atoms with E-state index in [1.807, 2.05) is 0 Å². The predicted octanol–water partition coefficient (Wildman–Crippen LogP) is 2.21. The van der Waals surface area contributed by atoms with E-state index in [1.165, 1.54) is 7.11 Å². The summed E-state index contributed by atoms with van der Waals surface area (Å²) in [5.41, 5.74) is 0.477. The van der Waals surface area contributed by atoms with E-state index in [9.17, 15) is 14.4 Å². The van der Waals surface area contributed by atoms with Crippen LogP contribution in [0.5, 0.6) is 0 Å². The molecule has 24 heavy (non-hydrogen) atoms. The number of hydrogen-bond acceptors (Lipinski definition) is 4. The summed E-state index contributed by atoms with van der Waals surface area (Å²) in [6, 6.07) is 1.74. The zero-order chi connectivity index (χ0) is 17.7. The van der Waals surface area contributed by atoms with Crippen LogP contribution in [0.3, 0.4) is 0 Å². The third kappa shape index (κ3) is 5.07. The van der Waals surface area contributed by atoms with Gasteiger partial charge in [0.25, 0.3) is 5.91 Å². The number of piperidine rings is 1. The number of ether oxygens (including phenoxy) is 1. The highest BCUT2D eigenvalue weighted by Gasteiger charge is 2.25. The van der Waals surface area contributed by atoms with E-state index in [0.717, 1.165) is 9.08 Å². The van der Waals surface area contributed by atoms with Crippen LogP contribution in [0.2, 0.25) is 0 Å². The summed E-state index contributed by atoms with van der Waals surface area (Å²) in [5, 5.41) is 2.97. The number of likely N-dealkylation sites (tertiary alicyclic amines) is 1. The van der Waals surface area contributed by atoms with E-state index in [-0.39, 0.29) is 36.7 Å². The first-order valence-corrected chi connectivity index (χ1v) is 9.18. The number of halogens is 2. The number of rotatable bonds is 5. The van der Waals surface area contributed by atoms with Gasteiger partial charge in [-0.25, -0.2) is 0 Å². The maximum Gasteiger partial charge on any atom is 0.306 e. The van der Waals surface area contributed by atoms with E-state index in [0.29, 0.717) is 31.6 Å². The molecule has 0 bridgehead atoms. The fourth-order valence-electron chi connectivity index (χ4n) is 2.53. The quantitative estimate of drug-likeness (QED) is 0.653. The van der Waals surface area contributed by atoms with Crippen molar-refractivity contribution in [3.63, 3.8) is 0 Å². The zero-order valence-electron chi connectivity index (χ0n) is 13.2. The van der Waals surface area contributed by atoms with Crippen LogP contribution in [-0.2, 0) is 14.3 Å². The molecular formula is C15H19Br2N3O4. The largest absolute Gasteiger partial charge is 0.469 e. The Kier molecular flexibility index (Phi) is 6.85. The van der Waals surface area contributed by atoms with Crippen molar-refractivity contribution >= 4 is 49.6 Å². The molecule has 0 saturated carbocycles. The molecule has 1 aliphatic heterocycles. The molecule has 0 aliphatic carbocycles. The average molecular weight is 465 g/mol. The van der Waals surface area contributed by atoms with Gasteiger partial charge in [-0.3, -0.25) is 14.4 Å². The molecule has 1 aromatic heterocycles. The first kappa shape index (κ1) is 19.0. The summed E-state index contributed by atoms with van der Waals surface area (Å²) < 4.78 is 6.05. The molecule has 0 radical (unpaired) electrons. The number of methoxy groups -OCH3 is 1. The highest BCUT2D eigenvalue weighted by molar-refractivity contribution is 9.13. The fourth-order valence-corrected chi connectivity index (χ4v) is 3.19. The average Bonchev–Trinajstić information content (AvgIpc) is 2.92. The molecule has 0 spiro atoms. The van der Waals surface area contributed by atoms with E-state index in [4.69, 9.17) is 0 Å². The Hall–Kier alpha value is -1.35. The van der Waals surface area contributed by atoms with Crippen LogP contribution in [0.15, 0.2) is 15.1 Å². The van der Waals surface area contributed by atoms with Gasteiger partial charge in [-0.05, 0) is 50.8 Å². The van der Waals surface area contributed by atoms with Crippen molar-refractivity contribution in [2.24, 2.45) is 0 Å². The Balaban J connectivity index is 1.77. The van der Waals surface area contributed by atoms with Gasteiger partial charge in [-0.2, -0.15) is 0 Å². The maximum absolute atomic E-state index is 12.2. The minimum Gasteiger partial charge on any atom is -0.469 e. The lowest BCUT2D eigenvalue weighted by molar-refractivity contribution is -0.143. The minimum absolute atomic E-state index is 0.0306. The molecule has 1 aliphatic rings. The predicted molar refractivity (Wildman–Crippen MR) is 94.5 cm³/mol. The summed E-state index contributed by atoms with van der Waals surface area (Å²) in [7, 11) is 1.31. The Morgan fingerprint density at radius 1 is 1.29 bits per heavy atom. The number of amides is 2. The molecule has 7 nitrogen and oxygen atoms in total. The van der Waals surface area contributed by atoms with Gasteiger partial charge in [0.05, 0.1) is 22.6 Å². The molecule has 0 aromatic carbocycles. The number of esters is 1. The second kappa shape index (κ2) is 8.66. The molecule has 9 heteroatoms. The highest BCUT2D eigenvalue weighted by Crippen LogP contribution is 2.23. The normalized spacial score (nSPS) is 15.2. The lowest BCUT2D eigenvalue weighted by Gasteiger charge is -2.32. The third-order valence-electron chi connectivity index (χ3n) is 3.92. The first-order valence-electron chi connectivity index (χ1n) is 7.60. The van der Waals surface area contributed by atoms with Gasteiger partial charge in [0, 0.05) is 25.6 Å². The molecule has 0 atom stereocenters. The SMILES string of the molecule is COC(=O)CCC(=O)N1CCC(NC(=O)c2cc(Br)c(Br)[nH]2)CC1. The van der Waals surface area contributed by atoms with Gasteiger partial charge in [0.2, 0.25) is 5.91 Å². The number of hydrogen-bond donors (Lipinski definition) is 2. The summed E-state index contributed by atoms with van der Waals surface area (Å²) >= 11 is 6.63. The highest BCUT2D eigenvalue weighted by atomic mass is 79.9. The Morgan fingerprint density at radius 2 is 1.96 bits per heavy atom. The van der Waals surface area contributed by atoms with Crippen LogP contribution >= 0.6 is 31.9 Å². The van der Waals surface area contributed by atoms with Gasteiger partial charge < -0.3 is 19.9 Å². The molecule has 2 rings (SSSR count). The topological polar surface area (TPSA) is 91.5 Å². The van der Waals surface area contributed by atoms with E-state index >= 15 is 0 Å². The summed E-state index contributed by atoms with van der Waals surface area (Å²) in [6.45, 7) is 1.14. The summed E-state index contributed by atoms with van der Waals surface area (Å²) in [5.74, 6) is -0.604. The van der Waals surface area contributed by atoms with Gasteiger partial charge in [0.15, 0.2) is 0 Å². The molecule has 1 fully saturated rings. The molecular weight excluding hydrogens is 446 g/mol. The molecule has 0 unspecified atom stereocenters. The minimum atomic E-state index is -0.381.